The van der Waals surface area contributed by atoms with Crippen LogP contribution in [-0.4, -0.2) is 37.2 Å². The Kier molecular flexibility index (Phi) is 5.83. The first kappa shape index (κ1) is 15.8. The molecule has 1 rings (SSSR count). The largest absolute Gasteiger partial charge is 0.493 e. The fraction of sp³-hybridized carbons (Fsp3) is 0.429. The van der Waals surface area contributed by atoms with E-state index < -0.39 is 17.9 Å². The molecule has 1 amide bonds. The van der Waals surface area contributed by atoms with Crippen molar-refractivity contribution >= 4 is 11.9 Å². The molecule has 0 aliphatic rings. The Bertz CT molecular complexity index is 486. The topological polar surface area (TPSA) is 84.9 Å². The van der Waals surface area contributed by atoms with Gasteiger partial charge in [-0.2, -0.15) is 0 Å². The molecule has 0 unspecified atom stereocenters. The number of rotatable bonds is 7. The minimum atomic E-state index is -1.04. The Hall–Kier alpha value is -2.24. The number of hydrogen-bond donors (Lipinski definition) is 2. The molecular formula is C14H19NO5. The molecule has 6 heteroatoms. The molecule has 6 nitrogen and oxygen atoms in total. The molecule has 0 bridgehead atoms. The Balaban J connectivity index is 2.89. The maximum absolute atomic E-state index is 12.0. The number of carboxylic acid groups (broad SMARTS) is 1. The molecule has 0 fully saturated rings. The number of aliphatic carboxylic acids is 1. The average Bonchev–Trinajstić information content (AvgIpc) is 2.45. The lowest BCUT2D eigenvalue weighted by molar-refractivity contribution is -0.139. The van der Waals surface area contributed by atoms with Crippen LogP contribution in [0, 0.1) is 0 Å². The second-order valence-corrected chi connectivity index (χ2v) is 4.22. The van der Waals surface area contributed by atoms with E-state index in [0.717, 1.165) is 0 Å². The van der Waals surface area contributed by atoms with Gasteiger partial charge in [0.05, 0.1) is 14.2 Å². The number of benzene rings is 1. The van der Waals surface area contributed by atoms with E-state index in [0.29, 0.717) is 29.9 Å². The van der Waals surface area contributed by atoms with E-state index in [2.05, 4.69) is 5.32 Å². The van der Waals surface area contributed by atoms with Gasteiger partial charge in [-0.05, 0) is 24.6 Å². The van der Waals surface area contributed by atoms with Crippen LogP contribution in [0.15, 0.2) is 18.2 Å². The molecule has 1 aromatic carbocycles. The molecule has 0 aliphatic heterocycles. The Labute approximate surface area is 117 Å². The van der Waals surface area contributed by atoms with Gasteiger partial charge in [0.15, 0.2) is 11.5 Å². The zero-order valence-corrected chi connectivity index (χ0v) is 11.8. The van der Waals surface area contributed by atoms with E-state index in [4.69, 9.17) is 14.6 Å². The monoisotopic (exact) mass is 281 g/mol. The van der Waals surface area contributed by atoms with Crippen LogP contribution in [0.25, 0.3) is 0 Å². The number of carbonyl (C=O) groups excluding carboxylic acids is 1. The van der Waals surface area contributed by atoms with E-state index >= 15 is 0 Å². The predicted octanol–water partition coefficient (Wildman–Crippen LogP) is 1.69. The van der Waals surface area contributed by atoms with Crippen molar-refractivity contribution < 1.29 is 24.2 Å². The number of methoxy groups -OCH3 is 2. The highest BCUT2D eigenvalue weighted by molar-refractivity contribution is 5.97. The molecule has 20 heavy (non-hydrogen) atoms. The maximum atomic E-state index is 12.0. The van der Waals surface area contributed by atoms with Gasteiger partial charge < -0.3 is 19.9 Å². The first-order valence-electron chi connectivity index (χ1n) is 6.29. The van der Waals surface area contributed by atoms with Crippen LogP contribution in [0.2, 0.25) is 0 Å². The fourth-order valence-electron chi connectivity index (χ4n) is 1.77. The normalized spacial score (nSPS) is 11.6. The molecule has 0 saturated carbocycles. The number of carbonyl (C=O) groups is 2. The summed E-state index contributed by atoms with van der Waals surface area (Å²) in [6.07, 6.45) is 1.05. The summed E-state index contributed by atoms with van der Waals surface area (Å²) in [5, 5.41) is 11.5. The summed E-state index contributed by atoms with van der Waals surface area (Å²) in [5.74, 6) is -0.567. The summed E-state index contributed by atoms with van der Waals surface area (Å²) in [4.78, 5) is 23.1. The van der Waals surface area contributed by atoms with Crippen LogP contribution in [0.5, 0.6) is 11.5 Å². The number of amides is 1. The van der Waals surface area contributed by atoms with Crippen LogP contribution in [0.3, 0.4) is 0 Å². The average molecular weight is 281 g/mol. The number of carboxylic acids is 1. The summed E-state index contributed by atoms with van der Waals surface area (Å²) in [6.45, 7) is 1.86. The van der Waals surface area contributed by atoms with E-state index in [1.807, 2.05) is 6.92 Å². The Morgan fingerprint density at radius 1 is 1.25 bits per heavy atom. The van der Waals surface area contributed by atoms with Crippen molar-refractivity contribution in [2.24, 2.45) is 0 Å². The van der Waals surface area contributed by atoms with Crippen molar-refractivity contribution in [2.45, 2.75) is 25.8 Å². The second-order valence-electron chi connectivity index (χ2n) is 4.22. The van der Waals surface area contributed by atoms with Crippen molar-refractivity contribution in [3.8, 4) is 11.5 Å². The summed E-state index contributed by atoms with van der Waals surface area (Å²) in [7, 11) is 2.97. The lowest BCUT2D eigenvalue weighted by Gasteiger charge is -2.14. The molecular weight excluding hydrogens is 262 g/mol. The first-order chi connectivity index (χ1) is 9.53. The van der Waals surface area contributed by atoms with Crippen molar-refractivity contribution in [1.29, 1.82) is 0 Å². The third kappa shape index (κ3) is 3.88. The molecule has 110 valence electrons. The van der Waals surface area contributed by atoms with Crippen molar-refractivity contribution in [2.75, 3.05) is 14.2 Å². The molecule has 2 N–H and O–H groups in total. The summed E-state index contributed by atoms with van der Waals surface area (Å²) in [5.41, 5.74) is 0.324. The van der Waals surface area contributed by atoms with Crippen molar-refractivity contribution in [3.63, 3.8) is 0 Å². The van der Waals surface area contributed by atoms with Crippen LogP contribution in [0.4, 0.5) is 0 Å². The lowest BCUT2D eigenvalue weighted by atomic mass is 10.1. The third-order valence-corrected chi connectivity index (χ3v) is 2.83. The molecule has 0 radical (unpaired) electrons. The smallest absolute Gasteiger partial charge is 0.326 e. The highest BCUT2D eigenvalue weighted by atomic mass is 16.5. The van der Waals surface area contributed by atoms with Gasteiger partial charge in [-0.25, -0.2) is 4.79 Å². The summed E-state index contributed by atoms with van der Waals surface area (Å²) < 4.78 is 10.2. The molecule has 0 aliphatic carbocycles. The minimum Gasteiger partial charge on any atom is -0.493 e. The summed E-state index contributed by atoms with van der Waals surface area (Å²) >= 11 is 0. The van der Waals surface area contributed by atoms with Crippen LogP contribution in [-0.2, 0) is 4.79 Å². The van der Waals surface area contributed by atoms with Gasteiger partial charge in [0, 0.05) is 5.56 Å². The molecule has 1 aromatic rings. The van der Waals surface area contributed by atoms with Gasteiger partial charge in [-0.3, -0.25) is 4.79 Å². The van der Waals surface area contributed by atoms with Gasteiger partial charge in [-0.1, -0.05) is 13.3 Å². The minimum absolute atomic E-state index is 0.324. The van der Waals surface area contributed by atoms with Gasteiger partial charge in [0.1, 0.15) is 6.04 Å². The number of ether oxygens (including phenoxy) is 2. The zero-order valence-electron chi connectivity index (χ0n) is 11.8. The lowest BCUT2D eigenvalue weighted by Crippen LogP contribution is -2.40. The van der Waals surface area contributed by atoms with Crippen LogP contribution >= 0.6 is 0 Å². The second kappa shape index (κ2) is 7.37. The van der Waals surface area contributed by atoms with Crippen molar-refractivity contribution in [3.05, 3.63) is 23.8 Å². The highest BCUT2D eigenvalue weighted by Gasteiger charge is 2.20. The van der Waals surface area contributed by atoms with E-state index in [9.17, 15) is 9.59 Å². The van der Waals surface area contributed by atoms with E-state index in [-0.39, 0.29) is 0 Å². The van der Waals surface area contributed by atoms with Gasteiger partial charge in [0.25, 0.3) is 5.91 Å². The highest BCUT2D eigenvalue weighted by Crippen LogP contribution is 2.27. The predicted molar refractivity (Wildman–Crippen MR) is 73.3 cm³/mol. The number of hydrogen-bond acceptors (Lipinski definition) is 4. The van der Waals surface area contributed by atoms with Crippen LogP contribution in [0.1, 0.15) is 30.1 Å². The van der Waals surface area contributed by atoms with E-state index in [1.54, 1.807) is 12.1 Å². The third-order valence-electron chi connectivity index (χ3n) is 2.83. The Morgan fingerprint density at radius 2 is 1.90 bits per heavy atom. The molecule has 1 atom stereocenters. The standard InChI is InChI=1S/C14H19NO5/c1-4-5-10(14(17)18)15-13(16)9-6-7-11(19-2)12(8-9)20-3/h6-8,10H,4-5H2,1-3H3,(H,15,16)(H,17,18)/t10-/m1/s1. The van der Waals surface area contributed by atoms with E-state index in [1.165, 1.54) is 20.3 Å². The quantitative estimate of drug-likeness (QED) is 0.794. The molecule has 0 saturated heterocycles. The maximum Gasteiger partial charge on any atom is 0.326 e. The van der Waals surface area contributed by atoms with Gasteiger partial charge in [0.2, 0.25) is 0 Å². The van der Waals surface area contributed by atoms with Gasteiger partial charge in [-0.15, -0.1) is 0 Å². The number of nitrogens with one attached hydrogen (secondary N) is 1. The SMILES string of the molecule is CCC[C@@H](NC(=O)c1ccc(OC)c(OC)c1)C(=O)O. The zero-order chi connectivity index (χ0) is 15.1. The van der Waals surface area contributed by atoms with Crippen LogP contribution < -0.4 is 14.8 Å². The first-order valence-corrected chi connectivity index (χ1v) is 6.29. The molecule has 0 aromatic heterocycles. The Morgan fingerprint density at radius 3 is 2.40 bits per heavy atom. The van der Waals surface area contributed by atoms with Gasteiger partial charge >= 0.3 is 5.97 Å². The summed E-state index contributed by atoms with van der Waals surface area (Å²) in [6, 6.07) is 3.78. The molecule has 0 heterocycles. The fourth-order valence-corrected chi connectivity index (χ4v) is 1.77. The van der Waals surface area contributed by atoms with Crippen molar-refractivity contribution in [1.82, 2.24) is 5.32 Å². The molecule has 0 spiro atoms.